The van der Waals surface area contributed by atoms with E-state index in [-0.39, 0.29) is 5.91 Å². The van der Waals surface area contributed by atoms with Crippen molar-refractivity contribution in [1.29, 1.82) is 0 Å². The van der Waals surface area contributed by atoms with Crippen LogP contribution in [0.4, 0.5) is 5.69 Å². The molecule has 0 bridgehead atoms. The number of hydrogen-bond acceptors (Lipinski definition) is 3. The van der Waals surface area contributed by atoms with Gasteiger partial charge in [-0.2, -0.15) is 10.1 Å². The second-order valence-electron chi connectivity index (χ2n) is 6.68. The highest BCUT2D eigenvalue weighted by Gasteiger charge is 2.28. The molecule has 5 heteroatoms. The SMILES string of the molecule is CC1=NN(c2ccc(Br)cc2)C(=O)/C1=C\c1ccc(OCc2ccccc2)cc1. The van der Waals surface area contributed by atoms with E-state index in [0.717, 1.165) is 27.0 Å². The molecule has 0 fully saturated rings. The summed E-state index contributed by atoms with van der Waals surface area (Å²) in [6, 6.07) is 25.2. The van der Waals surface area contributed by atoms with Gasteiger partial charge >= 0.3 is 0 Å². The van der Waals surface area contributed by atoms with E-state index in [2.05, 4.69) is 21.0 Å². The topological polar surface area (TPSA) is 41.9 Å². The predicted molar refractivity (Wildman–Crippen MR) is 120 cm³/mol. The second-order valence-corrected chi connectivity index (χ2v) is 7.60. The molecule has 0 aromatic heterocycles. The largest absolute Gasteiger partial charge is 0.489 e. The maximum Gasteiger partial charge on any atom is 0.280 e. The summed E-state index contributed by atoms with van der Waals surface area (Å²) < 4.78 is 6.78. The molecule has 1 amide bonds. The standard InChI is InChI=1S/C24H19BrN2O2/c1-17-23(24(28)27(26-17)21-11-9-20(25)10-12-21)15-18-7-13-22(14-8-18)29-16-19-5-3-2-4-6-19/h2-15H,16H2,1H3/b23-15-. The van der Waals surface area contributed by atoms with Crippen molar-refractivity contribution in [3.05, 3.63) is 100 Å². The molecule has 0 atom stereocenters. The Morgan fingerprint density at radius 2 is 1.66 bits per heavy atom. The number of carbonyl (C=O) groups is 1. The number of hydrogen-bond donors (Lipinski definition) is 0. The Hall–Kier alpha value is -3.18. The van der Waals surface area contributed by atoms with Gasteiger partial charge in [0.15, 0.2) is 0 Å². The first-order valence-corrected chi connectivity index (χ1v) is 10.0. The van der Waals surface area contributed by atoms with Crippen molar-refractivity contribution in [3.63, 3.8) is 0 Å². The van der Waals surface area contributed by atoms with Crippen molar-refractivity contribution in [2.45, 2.75) is 13.5 Å². The van der Waals surface area contributed by atoms with Gasteiger partial charge < -0.3 is 4.74 Å². The highest BCUT2D eigenvalue weighted by atomic mass is 79.9. The Morgan fingerprint density at radius 1 is 0.966 bits per heavy atom. The van der Waals surface area contributed by atoms with Gasteiger partial charge in [-0.05, 0) is 60.5 Å². The van der Waals surface area contributed by atoms with Crippen LogP contribution >= 0.6 is 15.9 Å². The zero-order chi connectivity index (χ0) is 20.2. The van der Waals surface area contributed by atoms with Crippen LogP contribution in [0.2, 0.25) is 0 Å². The Kier molecular flexibility index (Phi) is 5.58. The van der Waals surface area contributed by atoms with Crippen LogP contribution in [-0.4, -0.2) is 11.6 Å². The summed E-state index contributed by atoms with van der Waals surface area (Å²) in [5, 5.41) is 5.86. The van der Waals surface area contributed by atoms with E-state index in [1.54, 1.807) is 0 Å². The van der Waals surface area contributed by atoms with E-state index in [1.807, 2.05) is 91.9 Å². The third kappa shape index (κ3) is 4.46. The van der Waals surface area contributed by atoms with Crippen molar-refractivity contribution < 1.29 is 9.53 Å². The van der Waals surface area contributed by atoms with Crippen molar-refractivity contribution in [3.8, 4) is 5.75 Å². The Labute approximate surface area is 178 Å². The number of hydrazone groups is 1. The van der Waals surface area contributed by atoms with Crippen molar-refractivity contribution in [2.75, 3.05) is 5.01 Å². The maximum atomic E-state index is 12.8. The molecule has 0 radical (unpaired) electrons. The lowest BCUT2D eigenvalue weighted by Gasteiger charge is -2.11. The van der Waals surface area contributed by atoms with Crippen LogP contribution in [0.15, 0.2) is 94.0 Å². The zero-order valence-corrected chi connectivity index (χ0v) is 17.5. The minimum absolute atomic E-state index is 0.130. The molecule has 3 aromatic carbocycles. The summed E-state index contributed by atoms with van der Waals surface area (Å²) >= 11 is 3.41. The van der Waals surface area contributed by atoms with E-state index >= 15 is 0 Å². The third-order valence-corrected chi connectivity index (χ3v) is 5.10. The molecule has 0 unspecified atom stereocenters. The van der Waals surface area contributed by atoms with Crippen molar-refractivity contribution in [2.24, 2.45) is 5.10 Å². The van der Waals surface area contributed by atoms with Gasteiger partial charge in [0.05, 0.1) is 17.0 Å². The quantitative estimate of drug-likeness (QED) is 0.462. The normalized spacial score (nSPS) is 15.0. The Morgan fingerprint density at radius 3 is 2.34 bits per heavy atom. The fourth-order valence-electron chi connectivity index (χ4n) is 3.01. The number of anilines is 1. The van der Waals surface area contributed by atoms with Gasteiger partial charge in [0, 0.05) is 4.47 Å². The maximum absolute atomic E-state index is 12.8. The summed E-state index contributed by atoms with van der Waals surface area (Å²) in [7, 11) is 0. The average molecular weight is 447 g/mol. The van der Waals surface area contributed by atoms with Crippen LogP contribution in [0.25, 0.3) is 6.08 Å². The van der Waals surface area contributed by atoms with Crippen LogP contribution in [0, 0.1) is 0 Å². The first-order valence-electron chi connectivity index (χ1n) is 9.24. The molecule has 3 aromatic rings. The summed E-state index contributed by atoms with van der Waals surface area (Å²) in [4.78, 5) is 12.8. The average Bonchev–Trinajstić information content (AvgIpc) is 3.03. The van der Waals surface area contributed by atoms with Gasteiger partial charge in [-0.15, -0.1) is 0 Å². The molecular weight excluding hydrogens is 428 g/mol. The predicted octanol–water partition coefficient (Wildman–Crippen LogP) is 5.83. The second kappa shape index (κ2) is 8.45. The minimum Gasteiger partial charge on any atom is -0.489 e. The molecule has 144 valence electrons. The highest BCUT2D eigenvalue weighted by Crippen LogP contribution is 2.26. The first-order chi connectivity index (χ1) is 14.1. The van der Waals surface area contributed by atoms with Crippen LogP contribution < -0.4 is 9.75 Å². The number of benzene rings is 3. The number of halogens is 1. The molecule has 1 aliphatic heterocycles. The molecule has 0 saturated carbocycles. The van der Waals surface area contributed by atoms with Gasteiger partial charge in [-0.1, -0.05) is 58.4 Å². The molecule has 0 aliphatic carbocycles. The molecule has 0 saturated heterocycles. The van der Waals surface area contributed by atoms with Gasteiger partial charge in [-0.3, -0.25) is 4.79 Å². The molecule has 0 N–H and O–H groups in total. The minimum atomic E-state index is -0.130. The number of carbonyl (C=O) groups excluding carboxylic acids is 1. The van der Waals surface area contributed by atoms with Gasteiger partial charge in [0.1, 0.15) is 12.4 Å². The summed E-state index contributed by atoms with van der Waals surface area (Å²) in [5.74, 6) is 0.657. The van der Waals surface area contributed by atoms with E-state index in [1.165, 1.54) is 5.01 Å². The molecule has 4 nitrogen and oxygen atoms in total. The fourth-order valence-corrected chi connectivity index (χ4v) is 3.27. The van der Waals surface area contributed by atoms with Crippen molar-refractivity contribution >= 4 is 39.3 Å². The monoisotopic (exact) mass is 446 g/mol. The van der Waals surface area contributed by atoms with Crippen LogP contribution in [0.3, 0.4) is 0 Å². The third-order valence-electron chi connectivity index (χ3n) is 4.57. The van der Waals surface area contributed by atoms with Gasteiger partial charge in [-0.25, -0.2) is 0 Å². The Balaban J connectivity index is 1.47. The number of ether oxygens (including phenoxy) is 1. The van der Waals surface area contributed by atoms with Crippen LogP contribution in [-0.2, 0) is 11.4 Å². The summed E-state index contributed by atoms with van der Waals surface area (Å²) in [6.45, 7) is 2.37. The zero-order valence-electron chi connectivity index (χ0n) is 15.9. The molecule has 29 heavy (non-hydrogen) atoms. The highest BCUT2D eigenvalue weighted by molar-refractivity contribution is 9.10. The molecule has 1 heterocycles. The number of amides is 1. The smallest absolute Gasteiger partial charge is 0.280 e. The molecule has 1 aliphatic rings. The van der Waals surface area contributed by atoms with Crippen LogP contribution in [0.5, 0.6) is 5.75 Å². The van der Waals surface area contributed by atoms with E-state index in [0.29, 0.717) is 17.9 Å². The lowest BCUT2D eigenvalue weighted by Crippen LogP contribution is -2.21. The number of rotatable bonds is 5. The Bertz CT molecular complexity index is 1070. The molecule has 4 rings (SSSR count). The molecular formula is C24H19BrN2O2. The van der Waals surface area contributed by atoms with E-state index in [9.17, 15) is 4.79 Å². The van der Waals surface area contributed by atoms with E-state index in [4.69, 9.17) is 4.74 Å². The van der Waals surface area contributed by atoms with Crippen LogP contribution in [0.1, 0.15) is 18.1 Å². The number of nitrogens with zero attached hydrogens (tertiary/aromatic N) is 2. The van der Waals surface area contributed by atoms with Gasteiger partial charge in [0.2, 0.25) is 0 Å². The lowest BCUT2D eigenvalue weighted by molar-refractivity contribution is -0.114. The van der Waals surface area contributed by atoms with E-state index < -0.39 is 0 Å². The van der Waals surface area contributed by atoms with Crippen molar-refractivity contribution in [1.82, 2.24) is 0 Å². The first kappa shape index (κ1) is 19.2. The molecule has 0 spiro atoms. The summed E-state index contributed by atoms with van der Waals surface area (Å²) in [6.07, 6.45) is 1.86. The fraction of sp³-hybridized carbons (Fsp3) is 0.0833. The summed E-state index contributed by atoms with van der Waals surface area (Å²) in [5.41, 5.74) is 4.07. The van der Waals surface area contributed by atoms with Gasteiger partial charge in [0.25, 0.3) is 5.91 Å². The lowest BCUT2D eigenvalue weighted by atomic mass is 10.1.